The molecule has 3 N–H and O–H groups in total. The van der Waals surface area contributed by atoms with Crippen LogP contribution in [0.15, 0.2) is 103 Å². The van der Waals surface area contributed by atoms with Gasteiger partial charge in [-0.1, -0.05) is 90.0 Å². The van der Waals surface area contributed by atoms with Gasteiger partial charge in [0.2, 0.25) is 11.8 Å². The van der Waals surface area contributed by atoms with Gasteiger partial charge in [0, 0.05) is 11.5 Å². The highest BCUT2D eigenvalue weighted by Crippen LogP contribution is 2.65. The third kappa shape index (κ3) is 3.78. The van der Waals surface area contributed by atoms with Crippen molar-refractivity contribution in [3.05, 3.63) is 119 Å². The van der Waals surface area contributed by atoms with Crippen LogP contribution >= 0.6 is 0 Å². The molecule has 8 nitrogen and oxygen atoms in total. The van der Waals surface area contributed by atoms with Crippen molar-refractivity contribution in [3.63, 3.8) is 0 Å². The number of phenols is 1. The molecular formula is C37H31N3O5. The number of nitrogens with one attached hydrogen (secondary N) is 2. The molecule has 8 heteroatoms. The topological polar surface area (TPSA) is 116 Å². The molecule has 1 saturated carbocycles. The summed E-state index contributed by atoms with van der Waals surface area (Å²) in [6, 6.07) is 27.9. The second kappa shape index (κ2) is 9.89. The van der Waals surface area contributed by atoms with Crippen molar-refractivity contribution in [2.24, 2.45) is 23.7 Å². The highest BCUT2D eigenvalue weighted by atomic mass is 16.3. The molecule has 3 fully saturated rings. The van der Waals surface area contributed by atoms with Gasteiger partial charge in [-0.3, -0.25) is 29.9 Å². The standard InChI is InChI=1S/C37H31N3O5/c1-20-11-14-23(15-12-20)39-40-35(44)28-19-27-25(16-17-26-30(27)34(43)38-33(26)42)32(37(28,36(40)45)22-8-3-2-4-9-22)31-24-10-6-5-7-21(24)13-18-29(31)41/h2-16,18,26-28,30,32,39,41H,17,19H2,1H3,(H,38,42,43)/t26-,27+,28-,30-,32+,37+/m0/s1. The van der Waals surface area contributed by atoms with Gasteiger partial charge in [0.05, 0.1) is 28.9 Å². The van der Waals surface area contributed by atoms with Crippen molar-refractivity contribution in [2.75, 3.05) is 5.43 Å². The van der Waals surface area contributed by atoms with Gasteiger partial charge in [-0.05, 0) is 60.2 Å². The minimum Gasteiger partial charge on any atom is -0.508 e. The molecule has 0 unspecified atom stereocenters. The van der Waals surface area contributed by atoms with Gasteiger partial charge in [0.1, 0.15) is 5.75 Å². The Balaban J connectivity index is 1.42. The van der Waals surface area contributed by atoms with Crippen LogP contribution < -0.4 is 10.7 Å². The zero-order valence-corrected chi connectivity index (χ0v) is 24.6. The first-order chi connectivity index (χ1) is 21.8. The number of allylic oxidation sites excluding steroid dienone is 2. The van der Waals surface area contributed by atoms with E-state index in [4.69, 9.17) is 0 Å². The number of nitrogens with zero attached hydrogens (tertiary/aromatic N) is 1. The lowest BCUT2D eigenvalue weighted by Crippen LogP contribution is -2.53. The van der Waals surface area contributed by atoms with Gasteiger partial charge in [0.15, 0.2) is 0 Å². The summed E-state index contributed by atoms with van der Waals surface area (Å²) >= 11 is 0. The summed E-state index contributed by atoms with van der Waals surface area (Å²) in [5.41, 5.74) is 5.30. The van der Waals surface area contributed by atoms with Crippen molar-refractivity contribution in [1.29, 1.82) is 0 Å². The summed E-state index contributed by atoms with van der Waals surface area (Å²) in [4.78, 5) is 56.0. The molecule has 0 bridgehead atoms. The lowest BCUT2D eigenvalue weighted by Gasteiger charge is -2.51. The SMILES string of the molecule is Cc1ccc(NN2C(=O)[C@@H]3C[C@@H]4C(=CC[C@@H]5C(=O)NC(=O)[C@@H]54)[C@H](c4c(O)ccc5ccccc45)[C@]3(c3ccccc3)C2=O)cc1. The number of aromatic hydroxyl groups is 1. The van der Waals surface area contributed by atoms with E-state index in [1.165, 1.54) is 0 Å². The summed E-state index contributed by atoms with van der Waals surface area (Å²) in [6.45, 7) is 1.96. The van der Waals surface area contributed by atoms with Gasteiger partial charge in [-0.25, -0.2) is 0 Å². The number of anilines is 1. The Labute approximate surface area is 259 Å². The lowest BCUT2D eigenvalue weighted by atomic mass is 9.48. The van der Waals surface area contributed by atoms with Crippen molar-refractivity contribution in [3.8, 4) is 5.75 Å². The van der Waals surface area contributed by atoms with Crippen molar-refractivity contribution in [1.82, 2.24) is 10.3 Å². The summed E-state index contributed by atoms with van der Waals surface area (Å²) in [5, 5.41) is 17.0. The number of hydrogen-bond donors (Lipinski definition) is 3. The Morgan fingerprint density at radius 1 is 0.844 bits per heavy atom. The van der Waals surface area contributed by atoms with E-state index in [0.717, 1.165) is 26.9 Å². The molecule has 2 aliphatic carbocycles. The maximum absolute atomic E-state index is 15.2. The van der Waals surface area contributed by atoms with Crippen LogP contribution in [0.2, 0.25) is 0 Å². The average molecular weight is 598 g/mol. The molecule has 0 radical (unpaired) electrons. The van der Waals surface area contributed by atoms with Crippen molar-refractivity contribution >= 4 is 40.1 Å². The number of amides is 4. The molecule has 2 aliphatic heterocycles. The van der Waals surface area contributed by atoms with Crippen LogP contribution in [0.4, 0.5) is 5.69 Å². The summed E-state index contributed by atoms with van der Waals surface area (Å²) in [5.74, 6) is -4.81. The number of imide groups is 2. The zero-order chi connectivity index (χ0) is 31.0. The van der Waals surface area contributed by atoms with Gasteiger partial charge < -0.3 is 5.11 Å². The van der Waals surface area contributed by atoms with Gasteiger partial charge >= 0.3 is 0 Å². The number of carbonyl (C=O) groups is 4. The molecule has 2 heterocycles. The molecule has 0 spiro atoms. The first kappa shape index (κ1) is 27.3. The van der Waals surface area contributed by atoms with Gasteiger partial charge in [-0.2, -0.15) is 5.01 Å². The molecule has 6 atom stereocenters. The third-order valence-electron chi connectivity index (χ3n) is 10.5. The molecule has 2 saturated heterocycles. The van der Waals surface area contributed by atoms with Crippen LogP contribution in [0.3, 0.4) is 0 Å². The van der Waals surface area contributed by atoms with Crippen molar-refractivity contribution in [2.45, 2.75) is 31.1 Å². The fraction of sp³-hybridized carbons (Fsp3) is 0.243. The Morgan fingerprint density at radius 3 is 2.36 bits per heavy atom. The van der Waals surface area contributed by atoms with E-state index < -0.39 is 46.8 Å². The number of aryl methyl sites for hydroxylation is 1. The molecule has 4 aromatic carbocycles. The molecule has 4 amide bonds. The van der Waals surface area contributed by atoms with Crippen LogP contribution in [0, 0.1) is 30.6 Å². The van der Waals surface area contributed by atoms with E-state index in [1.54, 1.807) is 6.07 Å². The van der Waals surface area contributed by atoms with Crippen LogP contribution in [0.1, 0.15) is 35.4 Å². The lowest BCUT2D eigenvalue weighted by molar-refractivity contribution is -0.138. The highest BCUT2D eigenvalue weighted by Gasteiger charge is 2.70. The number of rotatable bonds is 4. The Bertz CT molecular complexity index is 1950. The van der Waals surface area contributed by atoms with Crippen LogP contribution in [0.25, 0.3) is 10.8 Å². The average Bonchev–Trinajstić information content (AvgIpc) is 3.46. The fourth-order valence-electron chi connectivity index (χ4n) is 8.56. The molecule has 0 aromatic heterocycles. The third-order valence-corrected chi connectivity index (χ3v) is 10.5. The quantitative estimate of drug-likeness (QED) is 0.222. The van der Waals surface area contributed by atoms with E-state index in [1.807, 2.05) is 97.9 Å². The van der Waals surface area contributed by atoms with E-state index in [2.05, 4.69) is 10.7 Å². The second-order valence-corrected chi connectivity index (χ2v) is 12.7. The summed E-state index contributed by atoms with van der Waals surface area (Å²) < 4.78 is 0. The first-order valence-electron chi connectivity index (χ1n) is 15.3. The predicted molar refractivity (Wildman–Crippen MR) is 168 cm³/mol. The molecule has 45 heavy (non-hydrogen) atoms. The highest BCUT2D eigenvalue weighted by molar-refractivity contribution is 6.13. The molecule has 4 aliphatic rings. The normalized spacial score (nSPS) is 28.8. The van der Waals surface area contributed by atoms with Crippen LogP contribution in [-0.4, -0.2) is 33.7 Å². The maximum Gasteiger partial charge on any atom is 0.260 e. The number of hydrogen-bond acceptors (Lipinski definition) is 6. The Kier molecular flexibility index (Phi) is 6.00. The number of benzene rings is 4. The van der Waals surface area contributed by atoms with Crippen LogP contribution in [0.5, 0.6) is 5.75 Å². The van der Waals surface area contributed by atoms with Gasteiger partial charge in [0.25, 0.3) is 11.8 Å². The minimum absolute atomic E-state index is 0.00794. The summed E-state index contributed by atoms with van der Waals surface area (Å²) in [7, 11) is 0. The Morgan fingerprint density at radius 2 is 1.58 bits per heavy atom. The second-order valence-electron chi connectivity index (χ2n) is 12.7. The van der Waals surface area contributed by atoms with E-state index in [9.17, 15) is 19.5 Å². The van der Waals surface area contributed by atoms with Crippen LogP contribution in [-0.2, 0) is 24.6 Å². The zero-order valence-electron chi connectivity index (χ0n) is 24.6. The predicted octanol–water partition coefficient (Wildman–Crippen LogP) is 5.13. The largest absolute Gasteiger partial charge is 0.508 e. The maximum atomic E-state index is 15.2. The van der Waals surface area contributed by atoms with Gasteiger partial charge in [-0.15, -0.1) is 0 Å². The van der Waals surface area contributed by atoms with E-state index in [-0.39, 0.29) is 24.0 Å². The minimum atomic E-state index is -1.44. The molecule has 4 aromatic rings. The summed E-state index contributed by atoms with van der Waals surface area (Å²) in [6.07, 6.45) is 2.53. The number of phenolic OH excluding ortho intramolecular Hbond substituents is 1. The molecular weight excluding hydrogens is 566 g/mol. The molecule has 8 rings (SSSR count). The number of carbonyl (C=O) groups excluding carboxylic acids is 4. The van der Waals surface area contributed by atoms with Crippen molar-refractivity contribution < 1.29 is 24.3 Å². The van der Waals surface area contributed by atoms with E-state index >= 15 is 4.79 Å². The molecule has 224 valence electrons. The smallest absolute Gasteiger partial charge is 0.260 e. The monoisotopic (exact) mass is 597 g/mol. The fourth-order valence-corrected chi connectivity index (χ4v) is 8.56. The first-order valence-corrected chi connectivity index (χ1v) is 15.3. The van der Waals surface area contributed by atoms with E-state index in [0.29, 0.717) is 23.2 Å². The Hall–Kier alpha value is -5.24. The number of fused-ring (bicyclic) bond motifs is 5. The number of hydrazine groups is 1.